The molecule has 3 aromatic rings. The van der Waals surface area contributed by atoms with Crippen LogP contribution < -0.4 is 5.56 Å². The van der Waals surface area contributed by atoms with Gasteiger partial charge in [-0.15, -0.1) is 0 Å². The van der Waals surface area contributed by atoms with E-state index in [1.54, 1.807) is 29.0 Å². The van der Waals surface area contributed by atoms with Crippen LogP contribution in [0.4, 0.5) is 0 Å². The second kappa shape index (κ2) is 6.25. The van der Waals surface area contributed by atoms with E-state index in [1.807, 2.05) is 12.3 Å². The fraction of sp³-hybridized carbons (Fsp3) is 0.312. The van der Waals surface area contributed by atoms with Crippen molar-refractivity contribution in [3.63, 3.8) is 0 Å². The van der Waals surface area contributed by atoms with E-state index in [2.05, 4.69) is 20.1 Å². The summed E-state index contributed by atoms with van der Waals surface area (Å²) < 4.78 is 1.68. The van der Waals surface area contributed by atoms with Crippen LogP contribution >= 0.6 is 11.3 Å². The Balaban J connectivity index is 1.50. The number of hydrogen-bond acceptors (Lipinski definition) is 6. The molecule has 3 aromatic heterocycles. The maximum absolute atomic E-state index is 12.6. The SMILES string of the molecule is CN(Cc1cnc(-n2cccn2)s1)C(=O)c1cc(=O)[nH]c(C2CC2)n1. The lowest BCUT2D eigenvalue weighted by atomic mass is 10.3. The standard InChI is InChI=1S/C16H16N6O2S/c1-21(9-11-8-17-16(25-11)22-6-2-5-18-22)15(24)12-7-13(23)20-14(19-12)10-3-4-10/h2,5-8,10H,3-4,9H2,1H3,(H,19,20,23). The van der Waals surface area contributed by atoms with E-state index in [-0.39, 0.29) is 23.1 Å². The predicted molar refractivity (Wildman–Crippen MR) is 91.9 cm³/mol. The molecule has 0 saturated heterocycles. The number of rotatable bonds is 5. The first kappa shape index (κ1) is 15.7. The van der Waals surface area contributed by atoms with Gasteiger partial charge in [0.25, 0.3) is 11.5 Å². The number of aromatic amines is 1. The van der Waals surface area contributed by atoms with Crippen LogP contribution in [0, 0.1) is 0 Å². The summed E-state index contributed by atoms with van der Waals surface area (Å²) in [5.74, 6) is 0.619. The summed E-state index contributed by atoms with van der Waals surface area (Å²) in [6, 6.07) is 3.08. The van der Waals surface area contributed by atoms with E-state index in [9.17, 15) is 9.59 Å². The molecule has 0 radical (unpaired) electrons. The van der Waals surface area contributed by atoms with Gasteiger partial charge in [-0.2, -0.15) is 5.10 Å². The topological polar surface area (TPSA) is 96.8 Å². The summed E-state index contributed by atoms with van der Waals surface area (Å²) >= 11 is 1.46. The normalized spacial score (nSPS) is 13.8. The Bertz CT molecular complexity index is 957. The molecular formula is C16H16N6O2S. The first-order valence-corrected chi connectivity index (χ1v) is 8.73. The minimum Gasteiger partial charge on any atom is -0.335 e. The Morgan fingerprint density at radius 1 is 1.48 bits per heavy atom. The van der Waals surface area contributed by atoms with E-state index in [0.29, 0.717) is 12.4 Å². The molecule has 9 heteroatoms. The Labute approximate surface area is 147 Å². The smallest absolute Gasteiger partial charge is 0.272 e. The maximum Gasteiger partial charge on any atom is 0.272 e. The highest BCUT2D eigenvalue weighted by atomic mass is 32.1. The van der Waals surface area contributed by atoms with Gasteiger partial charge in [0.2, 0.25) is 5.13 Å². The third-order valence-electron chi connectivity index (χ3n) is 3.92. The third-order valence-corrected chi connectivity index (χ3v) is 4.90. The predicted octanol–water partition coefficient (Wildman–Crippen LogP) is 1.56. The van der Waals surface area contributed by atoms with Gasteiger partial charge in [-0.25, -0.2) is 14.6 Å². The Hall–Kier alpha value is -2.81. The number of amides is 1. The first-order chi connectivity index (χ1) is 12.1. The number of carbonyl (C=O) groups excluding carboxylic acids is 1. The number of thiazole rings is 1. The van der Waals surface area contributed by atoms with E-state index in [0.717, 1.165) is 22.9 Å². The molecule has 8 nitrogen and oxygen atoms in total. The van der Waals surface area contributed by atoms with E-state index < -0.39 is 0 Å². The molecule has 1 aliphatic carbocycles. The van der Waals surface area contributed by atoms with Gasteiger partial charge in [-0.3, -0.25) is 9.59 Å². The molecule has 25 heavy (non-hydrogen) atoms. The van der Waals surface area contributed by atoms with Gasteiger partial charge in [0.15, 0.2) is 0 Å². The Kier molecular flexibility index (Phi) is 3.92. The average molecular weight is 356 g/mol. The van der Waals surface area contributed by atoms with Crippen LogP contribution in [0.2, 0.25) is 0 Å². The van der Waals surface area contributed by atoms with Gasteiger partial charge in [0.05, 0.1) is 6.54 Å². The van der Waals surface area contributed by atoms with E-state index in [4.69, 9.17) is 0 Å². The monoisotopic (exact) mass is 356 g/mol. The molecule has 128 valence electrons. The zero-order valence-corrected chi connectivity index (χ0v) is 14.4. The summed E-state index contributed by atoms with van der Waals surface area (Å²) in [6.45, 7) is 0.394. The molecule has 1 N–H and O–H groups in total. The number of hydrogen-bond donors (Lipinski definition) is 1. The lowest BCUT2D eigenvalue weighted by molar-refractivity contribution is 0.0780. The molecule has 1 fully saturated rings. The molecule has 0 atom stereocenters. The van der Waals surface area contributed by atoms with Crippen molar-refractivity contribution >= 4 is 17.2 Å². The molecule has 1 amide bonds. The summed E-state index contributed by atoms with van der Waals surface area (Å²) in [6.07, 6.45) is 7.25. The maximum atomic E-state index is 12.6. The van der Waals surface area contributed by atoms with Gasteiger partial charge in [-0.05, 0) is 18.9 Å². The lowest BCUT2D eigenvalue weighted by Crippen LogP contribution is -2.28. The van der Waals surface area contributed by atoms with Gasteiger partial charge in [0, 0.05) is 42.5 Å². The molecule has 0 aliphatic heterocycles. The van der Waals surface area contributed by atoms with Crippen LogP contribution in [0.15, 0.2) is 35.5 Å². The summed E-state index contributed by atoms with van der Waals surface area (Å²) in [4.78, 5) is 38.2. The summed E-state index contributed by atoms with van der Waals surface area (Å²) in [5.41, 5.74) is -0.0997. The molecule has 0 aromatic carbocycles. The van der Waals surface area contributed by atoms with Crippen molar-refractivity contribution in [3.05, 3.63) is 57.5 Å². The number of nitrogens with one attached hydrogen (secondary N) is 1. The van der Waals surface area contributed by atoms with Gasteiger partial charge in [0.1, 0.15) is 11.5 Å². The fourth-order valence-electron chi connectivity index (χ4n) is 2.50. The zero-order chi connectivity index (χ0) is 17.4. The minimum atomic E-state index is -0.285. The molecular weight excluding hydrogens is 340 g/mol. The molecule has 0 spiro atoms. The Morgan fingerprint density at radius 2 is 2.32 bits per heavy atom. The Morgan fingerprint density at radius 3 is 3.04 bits per heavy atom. The van der Waals surface area contributed by atoms with Gasteiger partial charge in [-0.1, -0.05) is 11.3 Å². The van der Waals surface area contributed by atoms with Crippen LogP contribution in [0.5, 0.6) is 0 Å². The lowest BCUT2D eigenvalue weighted by Gasteiger charge is -2.15. The second-order valence-corrected chi connectivity index (χ2v) is 7.10. The van der Waals surface area contributed by atoms with Crippen molar-refractivity contribution in [2.45, 2.75) is 25.3 Å². The van der Waals surface area contributed by atoms with Crippen molar-refractivity contribution < 1.29 is 4.79 Å². The van der Waals surface area contributed by atoms with Crippen molar-refractivity contribution in [2.75, 3.05) is 7.05 Å². The van der Waals surface area contributed by atoms with Crippen molar-refractivity contribution in [3.8, 4) is 5.13 Å². The number of carbonyl (C=O) groups is 1. The molecule has 4 rings (SSSR count). The molecule has 3 heterocycles. The quantitative estimate of drug-likeness (QED) is 0.748. The van der Waals surface area contributed by atoms with Crippen LogP contribution in [0.3, 0.4) is 0 Å². The second-order valence-electron chi connectivity index (χ2n) is 6.01. The fourth-order valence-corrected chi connectivity index (χ4v) is 3.40. The average Bonchev–Trinajstić information content (AvgIpc) is 3.11. The molecule has 1 saturated carbocycles. The van der Waals surface area contributed by atoms with Gasteiger partial charge >= 0.3 is 0 Å². The zero-order valence-electron chi connectivity index (χ0n) is 13.5. The first-order valence-electron chi connectivity index (χ1n) is 7.91. The van der Waals surface area contributed by atoms with Crippen molar-refractivity contribution in [2.24, 2.45) is 0 Å². The van der Waals surface area contributed by atoms with Crippen molar-refractivity contribution in [1.82, 2.24) is 29.6 Å². The number of H-pyrrole nitrogens is 1. The number of aromatic nitrogens is 5. The van der Waals surface area contributed by atoms with Gasteiger partial charge < -0.3 is 9.88 Å². The van der Waals surface area contributed by atoms with Crippen LogP contribution in [0.25, 0.3) is 5.13 Å². The van der Waals surface area contributed by atoms with E-state index >= 15 is 0 Å². The highest BCUT2D eigenvalue weighted by Gasteiger charge is 2.27. The van der Waals surface area contributed by atoms with E-state index in [1.165, 1.54) is 17.4 Å². The molecule has 1 aliphatic rings. The van der Waals surface area contributed by atoms with Crippen LogP contribution in [-0.4, -0.2) is 42.6 Å². The summed E-state index contributed by atoms with van der Waals surface area (Å²) in [5, 5.41) is 4.88. The summed E-state index contributed by atoms with van der Waals surface area (Å²) in [7, 11) is 1.69. The highest BCUT2D eigenvalue weighted by Crippen LogP contribution is 2.37. The van der Waals surface area contributed by atoms with Crippen LogP contribution in [-0.2, 0) is 6.54 Å². The van der Waals surface area contributed by atoms with Crippen LogP contribution in [0.1, 0.15) is 39.9 Å². The molecule has 0 bridgehead atoms. The molecule has 0 unspecified atom stereocenters. The minimum absolute atomic E-state index is 0.185. The largest absolute Gasteiger partial charge is 0.335 e. The highest BCUT2D eigenvalue weighted by molar-refractivity contribution is 7.14. The van der Waals surface area contributed by atoms with Crippen molar-refractivity contribution in [1.29, 1.82) is 0 Å². The third kappa shape index (κ3) is 3.36. The number of nitrogens with zero attached hydrogens (tertiary/aromatic N) is 5.